The van der Waals surface area contributed by atoms with Crippen molar-refractivity contribution in [3.8, 4) is 23.2 Å². The maximum atomic E-state index is 14.2. The van der Waals surface area contributed by atoms with Crippen molar-refractivity contribution >= 4 is 11.0 Å². The first kappa shape index (κ1) is 27.9. The fourth-order valence-electron chi connectivity index (χ4n) is 4.70. The minimum atomic E-state index is -1.56. The van der Waals surface area contributed by atoms with Crippen LogP contribution in [0.5, 0.6) is 5.88 Å². The summed E-state index contributed by atoms with van der Waals surface area (Å²) in [6.45, 7) is 3.13. The Morgan fingerprint density at radius 1 is 0.976 bits per heavy atom. The van der Waals surface area contributed by atoms with Gasteiger partial charge in [-0.05, 0) is 35.9 Å². The van der Waals surface area contributed by atoms with Gasteiger partial charge < -0.3 is 24.3 Å². The van der Waals surface area contributed by atoms with E-state index >= 15 is 0 Å². The number of ether oxygens (including phenoxy) is 2. The molecule has 0 aliphatic rings. The van der Waals surface area contributed by atoms with Gasteiger partial charge in [0.25, 0.3) is 0 Å². The first-order valence-electron chi connectivity index (χ1n) is 13.1. The second-order valence-electron chi connectivity index (χ2n) is 9.65. The van der Waals surface area contributed by atoms with Crippen molar-refractivity contribution in [1.29, 1.82) is 5.26 Å². The molecule has 5 aromatic rings. The monoisotopic (exact) mass is 552 g/mol. The molecule has 3 aromatic carbocycles. The molecule has 2 N–H and O–H groups in total. The summed E-state index contributed by atoms with van der Waals surface area (Å²) in [6.07, 6.45) is -1.56. The summed E-state index contributed by atoms with van der Waals surface area (Å²) in [5, 5.41) is 28.2. The SMILES string of the molecule is COCCn1c(C(C)c2ccc(-c3cccc(OCc4ccc(C#N)cc4F)n3)cc2)nc2ccc(C(O)O)cc21. The molecule has 2 aromatic heterocycles. The highest BCUT2D eigenvalue weighted by Gasteiger charge is 2.19. The number of aliphatic hydroxyl groups excluding tert-OH is 1. The van der Waals surface area contributed by atoms with Gasteiger partial charge >= 0.3 is 0 Å². The summed E-state index contributed by atoms with van der Waals surface area (Å²) in [7, 11) is 1.64. The normalized spacial score (nSPS) is 12.0. The van der Waals surface area contributed by atoms with Gasteiger partial charge in [-0.3, -0.25) is 0 Å². The lowest BCUT2D eigenvalue weighted by atomic mass is 9.98. The number of fused-ring (bicyclic) bond motifs is 1. The molecule has 0 fully saturated rings. The van der Waals surface area contributed by atoms with E-state index in [1.165, 1.54) is 12.1 Å². The van der Waals surface area contributed by atoms with Crippen LogP contribution in [-0.4, -0.2) is 38.5 Å². The summed E-state index contributed by atoms with van der Waals surface area (Å²) in [5.41, 5.74) is 5.24. The molecule has 8 nitrogen and oxygen atoms in total. The molecule has 0 aliphatic heterocycles. The molecular weight excluding hydrogens is 523 g/mol. The standard InChI is InChI=1S/C32H29FN4O4/c1-20(31-36-28-13-12-24(32(38)39)17-29(28)37(31)14-15-40-2)22-8-10-23(11-9-22)27-4-3-5-30(35-27)41-19-25-7-6-21(18-34)16-26(25)33/h3-13,16-17,20,32,38-39H,14-15,19H2,1-2H3. The van der Waals surface area contributed by atoms with E-state index < -0.39 is 12.1 Å². The lowest BCUT2D eigenvalue weighted by Crippen LogP contribution is -2.11. The average Bonchev–Trinajstić information content (AvgIpc) is 3.36. The van der Waals surface area contributed by atoms with Crippen molar-refractivity contribution in [2.75, 3.05) is 13.7 Å². The van der Waals surface area contributed by atoms with Gasteiger partial charge in [-0.15, -0.1) is 0 Å². The van der Waals surface area contributed by atoms with E-state index in [0.29, 0.717) is 35.9 Å². The van der Waals surface area contributed by atoms with E-state index in [-0.39, 0.29) is 18.1 Å². The number of imidazole rings is 1. The van der Waals surface area contributed by atoms with Crippen molar-refractivity contribution in [1.82, 2.24) is 14.5 Å². The quantitative estimate of drug-likeness (QED) is 0.221. The second-order valence-corrected chi connectivity index (χ2v) is 9.65. The Hall–Kier alpha value is -4.62. The summed E-state index contributed by atoms with van der Waals surface area (Å²) >= 11 is 0. The Bertz CT molecular complexity index is 1710. The third kappa shape index (κ3) is 6.10. The first-order valence-corrected chi connectivity index (χ1v) is 13.1. The smallest absolute Gasteiger partial charge is 0.214 e. The maximum absolute atomic E-state index is 14.2. The fourth-order valence-corrected chi connectivity index (χ4v) is 4.70. The van der Waals surface area contributed by atoms with Gasteiger partial charge in [0.2, 0.25) is 5.88 Å². The van der Waals surface area contributed by atoms with Crippen LogP contribution in [0.1, 0.15) is 47.2 Å². The third-order valence-electron chi connectivity index (χ3n) is 6.99. The number of hydrogen-bond acceptors (Lipinski definition) is 7. The summed E-state index contributed by atoms with van der Waals surface area (Å²) < 4.78 is 27.3. The zero-order chi connectivity index (χ0) is 28.9. The Kier molecular flexibility index (Phi) is 8.36. The van der Waals surface area contributed by atoms with Crippen LogP contribution in [-0.2, 0) is 17.9 Å². The number of halogens is 1. The molecule has 1 unspecified atom stereocenters. The molecule has 0 spiro atoms. The van der Waals surface area contributed by atoms with Crippen LogP contribution in [0, 0.1) is 17.1 Å². The molecule has 0 aliphatic carbocycles. The minimum absolute atomic E-state index is 0.00667. The molecule has 208 valence electrons. The van der Waals surface area contributed by atoms with Crippen molar-refractivity contribution in [2.24, 2.45) is 0 Å². The van der Waals surface area contributed by atoms with Crippen molar-refractivity contribution in [3.05, 3.63) is 113 Å². The predicted octanol–water partition coefficient (Wildman–Crippen LogP) is 5.47. The largest absolute Gasteiger partial charge is 0.473 e. The van der Waals surface area contributed by atoms with Crippen LogP contribution in [0.2, 0.25) is 0 Å². The highest BCUT2D eigenvalue weighted by atomic mass is 19.1. The number of nitriles is 1. The molecule has 1 atom stereocenters. The van der Waals surface area contributed by atoms with E-state index in [1.54, 1.807) is 37.4 Å². The van der Waals surface area contributed by atoms with Gasteiger partial charge in [0.1, 0.15) is 18.2 Å². The lowest BCUT2D eigenvalue weighted by molar-refractivity contribution is -0.0424. The topological polar surface area (TPSA) is 113 Å². The number of rotatable bonds is 10. The summed E-state index contributed by atoms with van der Waals surface area (Å²) in [5.74, 6) is 0.661. The second kappa shape index (κ2) is 12.3. The molecule has 0 bridgehead atoms. The molecule has 41 heavy (non-hydrogen) atoms. The van der Waals surface area contributed by atoms with Crippen LogP contribution in [0.3, 0.4) is 0 Å². The number of methoxy groups -OCH3 is 1. The van der Waals surface area contributed by atoms with Gasteiger partial charge in [0.05, 0.1) is 35.0 Å². The molecule has 0 amide bonds. The zero-order valence-electron chi connectivity index (χ0n) is 22.7. The average molecular weight is 553 g/mol. The molecule has 0 saturated heterocycles. The number of benzene rings is 3. The van der Waals surface area contributed by atoms with Gasteiger partial charge in [-0.2, -0.15) is 5.26 Å². The van der Waals surface area contributed by atoms with Crippen LogP contribution in [0.4, 0.5) is 4.39 Å². The summed E-state index contributed by atoms with van der Waals surface area (Å²) in [6, 6.07) is 24.9. The first-order chi connectivity index (χ1) is 19.9. The number of hydrogen-bond donors (Lipinski definition) is 2. The van der Waals surface area contributed by atoms with E-state index in [1.807, 2.05) is 42.5 Å². The molecule has 0 saturated carbocycles. The van der Waals surface area contributed by atoms with E-state index in [2.05, 4.69) is 16.5 Å². The van der Waals surface area contributed by atoms with E-state index in [4.69, 9.17) is 19.7 Å². The molecule has 2 heterocycles. The molecule has 0 radical (unpaired) electrons. The predicted molar refractivity (Wildman–Crippen MR) is 151 cm³/mol. The number of pyridine rings is 1. The molecule has 5 rings (SSSR count). The van der Waals surface area contributed by atoms with Crippen molar-refractivity contribution in [2.45, 2.75) is 32.3 Å². The summed E-state index contributed by atoms with van der Waals surface area (Å²) in [4.78, 5) is 9.45. The molecular formula is C32H29FN4O4. The Balaban J connectivity index is 1.36. The van der Waals surface area contributed by atoms with E-state index in [0.717, 1.165) is 28.0 Å². The van der Waals surface area contributed by atoms with Crippen molar-refractivity contribution < 1.29 is 24.1 Å². The van der Waals surface area contributed by atoms with Gasteiger partial charge in [-0.1, -0.05) is 49.4 Å². The number of aromatic nitrogens is 3. The maximum Gasteiger partial charge on any atom is 0.214 e. The minimum Gasteiger partial charge on any atom is -0.473 e. The van der Waals surface area contributed by atoms with Gasteiger partial charge in [-0.25, -0.2) is 14.4 Å². The van der Waals surface area contributed by atoms with Crippen molar-refractivity contribution in [3.63, 3.8) is 0 Å². The zero-order valence-corrected chi connectivity index (χ0v) is 22.7. The number of nitrogens with zero attached hydrogens (tertiary/aromatic N) is 4. The van der Waals surface area contributed by atoms with Gasteiger partial charge in [0.15, 0.2) is 6.29 Å². The fraction of sp³-hybridized carbons (Fsp3) is 0.219. The third-order valence-corrected chi connectivity index (χ3v) is 6.99. The van der Waals surface area contributed by atoms with Crippen LogP contribution in [0.15, 0.2) is 78.9 Å². The molecule has 9 heteroatoms. The van der Waals surface area contributed by atoms with Gasteiger partial charge in [0, 0.05) is 42.3 Å². The Morgan fingerprint density at radius 3 is 2.46 bits per heavy atom. The van der Waals surface area contributed by atoms with Crippen LogP contribution < -0.4 is 4.74 Å². The number of aliphatic hydroxyl groups is 2. The highest BCUT2D eigenvalue weighted by Crippen LogP contribution is 2.30. The Labute approximate surface area is 236 Å². The van der Waals surface area contributed by atoms with Crippen LogP contribution in [0.25, 0.3) is 22.3 Å². The van der Waals surface area contributed by atoms with E-state index in [9.17, 15) is 14.6 Å². The van der Waals surface area contributed by atoms with Crippen LogP contribution >= 0.6 is 0 Å². The highest BCUT2D eigenvalue weighted by molar-refractivity contribution is 5.77. The lowest BCUT2D eigenvalue weighted by Gasteiger charge is -2.16. The Morgan fingerprint density at radius 2 is 1.76 bits per heavy atom.